The molecule has 1 saturated heterocycles. The highest BCUT2D eigenvalue weighted by atomic mass is 19.4. The molecule has 0 spiro atoms. The Bertz CT molecular complexity index is 536. The Morgan fingerprint density at radius 1 is 1.30 bits per heavy atom. The zero-order valence-corrected chi connectivity index (χ0v) is 11.2. The lowest BCUT2D eigenvalue weighted by Crippen LogP contribution is -2.42. The molecule has 1 heterocycles. The average molecular weight is 289 g/mol. The lowest BCUT2D eigenvalue weighted by molar-refractivity contribution is -0.140. The van der Waals surface area contributed by atoms with Gasteiger partial charge in [-0.3, -0.25) is 4.79 Å². The van der Waals surface area contributed by atoms with Gasteiger partial charge in [-0.25, -0.2) is 4.39 Å². The average Bonchev–Trinajstić information content (AvgIpc) is 2.67. The van der Waals surface area contributed by atoms with Crippen LogP contribution in [0.4, 0.5) is 17.6 Å². The number of alkyl halides is 3. The van der Waals surface area contributed by atoms with Crippen LogP contribution in [0, 0.1) is 5.82 Å². The van der Waals surface area contributed by atoms with Crippen LogP contribution < -0.4 is 0 Å². The van der Waals surface area contributed by atoms with Crippen LogP contribution >= 0.6 is 0 Å². The second-order valence-electron chi connectivity index (χ2n) is 5.57. The van der Waals surface area contributed by atoms with Gasteiger partial charge in [0.2, 0.25) is 0 Å². The molecule has 0 radical (unpaired) electrons. The van der Waals surface area contributed by atoms with Gasteiger partial charge in [0.1, 0.15) is 5.82 Å². The molecule has 1 aromatic rings. The summed E-state index contributed by atoms with van der Waals surface area (Å²) in [6, 6.07) is 2.38. The fourth-order valence-electron chi connectivity index (χ4n) is 2.52. The lowest BCUT2D eigenvalue weighted by Gasteiger charge is -2.31. The predicted octanol–water partition coefficient (Wildman–Crippen LogP) is 3.86. The molecule has 1 fully saturated rings. The van der Waals surface area contributed by atoms with E-state index in [1.807, 2.05) is 13.8 Å². The third-order valence-electron chi connectivity index (χ3n) is 3.66. The van der Waals surface area contributed by atoms with E-state index in [9.17, 15) is 22.4 Å². The molecule has 6 heteroatoms. The maximum atomic E-state index is 13.2. The molecule has 2 nitrogen and oxygen atoms in total. The number of carbonyl (C=O) groups is 1. The van der Waals surface area contributed by atoms with Crippen LogP contribution in [0.3, 0.4) is 0 Å². The highest BCUT2D eigenvalue weighted by molar-refractivity contribution is 5.95. The topological polar surface area (TPSA) is 20.3 Å². The predicted molar refractivity (Wildman–Crippen MR) is 65.8 cm³/mol. The Hall–Kier alpha value is -1.59. The fraction of sp³-hybridized carbons (Fsp3) is 0.500. The minimum atomic E-state index is -4.80. The molecule has 0 aliphatic carbocycles. The molecule has 110 valence electrons. The minimum Gasteiger partial charge on any atom is -0.334 e. The molecule has 2 rings (SSSR count). The van der Waals surface area contributed by atoms with Gasteiger partial charge in [0, 0.05) is 17.6 Å². The van der Waals surface area contributed by atoms with Gasteiger partial charge in [0.15, 0.2) is 0 Å². The smallest absolute Gasteiger partial charge is 0.334 e. The summed E-state index contributed by atoms with van der Waals surface area (Å²) >= 11 is 0. The van der Waals surface area contributed by atoms with Crippen LogP contribution in [0.1, 0.15) is 42.6 Å². The SMILES string of the molecule is CC1(C)CCCN1C(=O)c1ccc(F)c(C(F)(F)F)c1. The molecule has 0 bridgehead atoms. The van der Waals surface area contributed by atoms with Crippen LogP contribution in [-0.4, -0.2) is 22.9 Å². The van der Waals surface area contributed by atoms with E-state index in [0.29, 0.717) is 18.7 Å². The number of hydrogen-bond acceptors (Lipinski definition) is 1. The summed E-state index contributed by atoms with van der Waals surface area (Å²) < 4.78 is 51.2. The molecule has 0 unspecified atom stereocenters. The minimum absolute atomic E-state index is 0.131. The summed E-state index contributed by atoms with van der Waals surface area (Å²) in [6.07, 6.45) is -3.20. The standard InChI is InChI=1S/C14H15F4NO/c1-13(2)6-3-7-19(13)12(20)9-4-5-11(15)10(8-9)14(16,17)18/h4-5,8H,3,6-7H2,1-2H3. The van der Waals surface area contributed by atoms with Crippen molar-refractivity contribution in [1.82, 2.24) is 4.90 Å². The quantitative estimate of drug-likeness (QED) is 0.719. The second kappa shape index (κ2) is 4.75. The Labute approximate surface area is 114 Å². The first-order chi connectivity index (χ1) is 9.13. The van der Waals surface area contributed by atoms with Crippen molar-refractivity contribution in [1.29, 1.82) is 0 Å². The first kappa shape index (κ1) is 14.8. The number of likely N-dealkylation sites (tertiary alicyclic amines) is 1. The summed E-state index contributed by atoms with van der Waals surface area (Å²) in [5.74, 6) is -1.85. The van der Waals surface area contributed by atoms with E-state index >= 15 is 0 Å². The number of rotatable bonds is 1. The summed E-state index contributed by atoms with van der Waals surface area (Å²) in [5.41, 5.74) is -1.92. The van der Waals surface area contributed by atoms with E-state index in [-0.39, 0.29) is 11.1 Å². The van der Waals surface area contributed by atoms with Gasteiger partial charge in [-0.2, -0.15) is 13.2 Å². The third-order valence-corrected chi connectivity index (χ3v) is 3.66. The maximum Gasteiger partial charge on any atom is 0.419 e. The van der Waals surface area contributed by atoms with Gasteiger partial charge in [0.25, 0.3) is 5.91 Å². The molecule has 0 atom stereocenters. The third kappa shape index (κ3) is 2.64. The molecule has 1 aliphatic heterocycles. The summed E-state index contributed by atoms with van der Waals surface area (Å²) in [4.78, 5) is 13.8. The lowest BCUT2D eigenvalue weighted by atomic mass is 10.0. The van der Waals surface area contributed by atoms with Gasteiger partial charge in [-0.05, 0) is 44.9 Å². The normalized spacial score (nSPS) is 18.4. The van der Waals surface area contributed by atoms with E-state index < -0.39 is 23.5 Å². The Morgan fingerprint density at radius 3 is 2.45 bits per heavy atom. The fourth-order valence-corrected chi connectivity index (χ4v) is 2.52. The van der Waals surface area contributed by atoms with E-state index in [1.165, 1.54) is 0 Å². The van der Waals surface area contributed by atoms with Crippen molar-refractivity contribution in [2.45, 2.75) is 38.4 Å². The molecular formula is C14H15F4NO. The van der Waals surface area contributed by atoms with E-state index in [4.69, 9.17) is 0 Å². The van der Waals surface area contributed by atoms with Crippen LogP contribution in [0.15, 0.2) is 18.2 Å². The van der Waals surface area contributed by atoms with Gasteiger partial charge in [-0.1, -0.05) is 0 Å². The molecule has 1 aliphatic rings. The van der Waals surface area contributed by atoms with E-state index in [0.717, 1.165) is 18.9 Å². The van der Waals surface area contributed by atoms with Gasteiger partial charge in [0.05, 0.1) is 5.56 Å². The molecule has 1 aromatic carbocycles. The molecule has 20 heavy (non-hydrogen) atoms. The first-order valence-electron chi connectivity index (χ1n) is 6.32. The monoisotopic (exact) mass is 289 g/mol. The number of amides is 1. The molecule has 1 amide bonds. The maximum absolute atomic E-state index is 13.2. The number of benzene rings is 1. The van der Waals surface area contributed by atoms with Crippen molar-refractivity contribution in [2.24, 2.45) is 0 Å². The summed E-state index contributed by atoms with van der Waals surface area (Å²) in [6.45, 7) is 4.24. The van der Waals surface area contributed by atoms with Gasteiger partial charge in [-0.15, -0.1) is 0 Å². The van der Waals surface area contributed by atoms with Crippen LogP contribution in [0.5, 0.6) is 0 Å². The second-order valence-corrected chi connectivity index (χ2v) is 5.57. The zero-order chi connectivity index (χ0) is 15.1. The number of carbonyl (C=O) groups excluding carboxylic acids is 1. The number of nitrogens with zero attached hydrogens (tertiary/aromatic N) is 1. The van der Waals surface area contributed by atoms with Crippen LogP contribution in [0.25, 0.3) is 0 Å². The van der Waals surface area contributed by atoms with Crippen LogP contribution in [0.2, 0.25) is 0 Å². The molecule has 0 saturated carbocycles. The Morgan fingerprint density at radius 2 is 1.95 bits per heavy atom. The van der Waals surface area contributed by atoms with E-state index in [2.05, 4.69) is 0 Å². The van der Waals surface area contributed by atoms with Gasteiger partial charge < -0.3 is 4.90 Å². The highest BCUT2D eigenvalue weighted by Crippen LogP contribution is 2.34. The largest absolute Gasteiger partial charge is 0.419 e. The highest BCUT2D eigenvalue weighted by Gasteiger charge is 2.38. The van der Waals surface area contributed by atoms with E-state index in [1.54, 1.807) is 4.90 Å². The summed E-state index contributed by atoms with van der Waals surface area (Å²) in [7, 11) is 0. The van der Waals surface area contributed by atoms with Gasteiger partial charge >= 0.3 is 6.18 Å². The first-order valence-corrected chi connectivity index (χ1v) is 6.32. The molecule has 0 aromatic heterocycles. The Kier molecular flexibility index (Phi) is 3.52. The zero-order valence-electron chi connectivity index (χ0n) is 11.2. The van der Waals surface area contributed by atoms with Crippen molar-refractivity contribution in [3.05, 3.63) is 35.1 Å². The number of hydrogen-bond donors (Lipinski definition) is 0. The van der Waals surface area contributed by atoms with Crippen molar-refractivity contribution >= 4 is 5.91 Å². The number of halogens is 4. The van der Waals surface area contributed by atoms with Crippen molar-refractivity contribution in [3.8, 4) is 0 Å². The van der Waals surface area contributed by atoms with Crippen LogP contribution in [-0.2, 0) is 6.18 Å². The molecule has 0 N–H and O–H groups in total. The summed E-state index contributed by atoms with van der Waals surface area (Å²) in [5, 5.41) is 0. The Balaban J connectivity index is 2.37. The van der Waals surface area contributed by atoms with Crippen molar-refractivity contribution in [3.63, 3.8) is 0 Å². The molecular weight excluding hydrogens is 274 g/mol. The van der Waals surface area contributed by atoms with Crippen molar-refractivity contribution < 1.29 is 22.4 Å². The van der Waals surface area contributed by atoms with Crippen molar-refractivity contribution in [2.75, 3.05) is 6.54 Å².